The average molecular weight is 1650 g/mol. The second-order valence-electron chi connectivity index (χ2n) is 27.2. The number of carbonyl (C=O) groups is 3. The summed E-state index contributed by atoms with van der Waals surface area (Å²) in [5.74, 6) is -9.79. The van der Waals surface area contributed by atoms with E-state index in [0.29, 0.717) is 81.5 Å². The number of carboxylic acid groups (broad SMARTS) is 1. The number of carbonyl (C=O) groups excluding carboxylic acids is 2. The van der Waals surface area contributed by atoms with E-state index in [9.17, 15) is 62.3 Å². The zero-order chi connectivity index (χ0) is 80.7. The summed E-state index contributed by atoms with van der Waals surface area (Å²) in [6.07, 6.45) is 15.6. The SMILES string of the molecule is CC1(C)C(/C=C/C2=C(Oc3ccc(C[C@H](NC(=O)CCOCCOCCNC(=O)CCS(=O)(=O)c4c(F)c(F)c(S(N)(=O)=O)c(F)c4NC4CCCCCCC4)C(=O)O)cc3)C(=C/C=C3/N(CCCCS(=O)(=O)O)c4ccccc4C3(C)C)/CCC2)=[N+](CCCCS(=O)(=O)O)c2ccccc21.O=S(=O)=O.O=S(=O)=O. The zero-order valence-corrected chi connectivity index (χ0v) is 65.4. The molecular formula is C71H92F3N6O23S6+. The zero-order valence-electron chi connectivity index (χ0n) is 60.5. The van der Waals surface area contributed by atoms with E-state index in [4.69, 9.17) is 44.6 Å². The summed E-state index contributed by atoms with van der Waals surface area (Å²) in [4.78, 5) is 37.3. The third kappa shape index (κ3) is 27.1. The Kier molecular flexibility index (Phi) is 33.6. The van der Waals surface area contributed by atoms with Crippen LogP contribution in [0.5, 0.6) is 5.75 Å². The van der Waals surface area contributed by atoms with E-state index in [0.717, 1.165) is 70.7 Å². The molecule has 0 aromatic heterocycles. The lowest BCUT2D eigenvalue weighted by molar-refractivity contribution is -0.438. The van der Waals surface area contributed by atoms with E-state index in [1.165, 1.54) is 0 Å². The third-order valence-corrected chi connectivity index (χ3v) is 22.8. The maximum absolute atomic E-state index is 15.8. The number of unbranched alkanes of at least 4 members (excludes halogenated alkanes) is 2. The second-order valence-corrected chi connectivity index (χ2v) is 34.7. The number of benzene rings is 4. The van der Waals surface area contributed by atoms with Crippen LogP contribution in [0.25, 0.3) is 0 Å². The number of primary sulfonamides is 1. The Morgan fingerprint density at radius 2 is 1.24 bits per heavy atom. The highest BCUT2D eigenvalue weighted by Crippen LogP contribution is 2.48. The largest absolute Gasteiger partial charge is 0.480 e. The van der Waals surface area contributed by atoms with Crippen LogP contribution in [0.4, 0.5) is 30.2 Å². The van der Waals surface area contributed by atoms with Crippen LogP contribution in [0.3, 0.4) is 0 Å². The number of fused-ring (bicyclic) bond motifs is 2. The highest BCUT2D eigenvalue weighted by atomic mass is 32.2. The number of allylic oxidation sites excluding steroid dienone is 7. The number of nitrogens with zero attached hydrogens (tertiary/aromatic N) is 2. The minimum Gasteiger partial charge on any atom is -0.480 e. The molecule has 0 bridgehead atoms. The van der Waals surface area contributed by atoms with Crippen LogP contribution in [0.2, 0.25) is 0 Å². The van der Waals surface area contributed by atoms with E-state index in [1.807, 2.05) is 36.4 Å². The molecule has 2 heterocycles. The quantitative estimate of drug-likeness (QED) is 0.00987. The number of carboxylic acids is 1. The number of anilines is 2. The number of sulfone groups is 1. The summed E-state index contributed by atoms with van der Waals surface area (Å²) in [6.45, 7) is 9.21. The number of sulfonamides is 1. The predicted octanol–water partition coefficient (Wildman–Crippen LogP) is 8.18. The smallest absolute Gasteiger partial charge is 0.425 e. The lowest BCUT2D eigenvalue weighted by atomic mass is 9.81. The normalized spacial score (nSPS) is 17.0. The van der Waals surface area contributed by atoms with Crippen molar-refractivity contribution < 1.29 is 119 Å². The van der Waals surface area contributed by atoms with Gasteiger partial charge in [0, 0.05) is 79.3 Å². The predicted molar refractivity (Wildman–Crippen MR) is 397 cm³/mol. The van der Waals surface area contributed by atoms with Gasteiger partial charge in [0.05, 0.1) is 54.8 Å². The fraction of sp³-hybridized carbons (Fsp3) is 0.493. The Balaban J connectivity index is 0.00000221. The van der Waals surface area contributed by atoms with E-state index in [1.54, 1.807) is 24.3 Å². The first-order valence-corrected chi connectivity index (χ1v) is 43.4. The van der Waals surface area contributed by atoms with Crippen LogP contribution in [0, 0.1) is 17.5 Å². The maximum Gasteiger partial charge on any atom is 0.425 e. The number of amides is 2. The van der Waals surface area contributed by atoms with Crippen LogP contribution >= 0.6 is 0 Å². The van der Waals surface area contributed by atoms with Gasteiger partial charge >= 0.3 is 27.2 Å². The number of para-hydroxylation sites is 2. The fourth-order valence-corrected chi connectivity index (χ4v) is 16.7. The number of nitrogens with two attached hydrogens (primary N) is 1. The van der Waals surface area contributed by atoms with Gasteiger partial charge in [-0.3, -0.25) is 18.7 Å². The molecule has 1 atom stereocenters. The molecule has 1 saturated carbocycles. The number of ether oxygens (including phenoxy) is 3. The van der Waals surface area contributed by atoms with Gasteiger partial charge in [0.2, 0.25) is 27.5 Å². The van der Waals surface area contributed by atoms with Crippen LogP contribution in [-0.2, 0) is 102 Å². The van der Waals surface area contributed by atoms with Gasteiger partial charge in [0.15, 0.2) is 37.9 Å². The molecule has 38 heteroatoms. The molecule has 2 aliphatic carbocycles. The first-order valence-electron chi connectivity index (χ1n) is 35.0. The van der Waals surface area contributed by atoms with Gasteiger partial charge in [-0.2, -0.15) is 21.4 Å². The molecule has 0 unspecified atom stereocenters. The van der Waals surface area contributed by atoms with Gasteiger partial charge in [-0.05, 0) is 118 Å². The standard InChI is InChI=1S/C71H91F3N6O17S4.2O3S/c1-70(2)53-23-10-12-25-56(53)79(38-14-16-44-99(87,88)89)58(70)33-29-49-19-18-20-50(30-34-59-71(3,4)54-24-11-13-26-57(54)80(59)39-15-17-45-100(90,91)92)66(49)97-52-31-27-48(28-32-52)47-55(69(83)84)78-61(82)35-40-95-42-43-96-41-37-76-60(81)36-46-98(85,86)68-63(73)62(72)67(101(75,93)94)64(74)65(68)77-51-21-8-6-5-7-9-22-51;2*1-4(2)3/h10-13,23-34,51,55,77H,5-9,14-22,35-47H2,1-4H3,(H6-,75,76,78,81,82,83,84,87,88,89,90,91,92,93,94);;/p+1/t55-;;/m0../s1. The summed E-state index contributed by atoms with van der Waals surface area (Å²) < 4.78 is 234. The summed E-state index contributed by atoms with van der Waals surface area (Å²) in [6, 6.07) is 21.1. The van der Waals surface area contributed by atoms with E-state index >= 15 is 13.2 Å². The molecule has 0 saturated heterocycles. The number of nitrogens with one attached hydrogen (secondary N) is 3. The molecule has 29 nitrogen and oxygen atoms in total. The van der Waals surface area contributed by atoms with Gasteiger partial charge in [0.1, 0.15) is 29.0 Å². The van der Waals surface area contributed by atoms with Crippen LogP contribution in [0.1, 0.15) is 147 Å². The third-order valence-electron chi connectivity index (χ3n) is 18.5. The van der Waals surface area contributed by atoms with Gasteiger partial charge in [-0.1, -0.05) is 101 Å². The molecule has 0 radical (unpaired) electrons. The highest BCUT2D eigenvalue weighted by molar-refractivity contribution is 7.91. The second kappa shape index (κ2) is 40.8. The van der Waals surface area contributed by atoms with Crippen molar-refractivity contribution in [3.8, 4) is 5.75 Å². The van der Waals surface area contributed by atoms with Crippen molar-refractivity contribution in [1.29, 1.82) is 0 Å². The number of hydrogen-bond acceptors (Lipinski definition) is 22. The summed E-state index contributed by atoms with van der Waals surface area (Å²) in [7, 11) is -24.7. The van der Waals surface area contributed by atoms with Crippen molar-refractivity contribution in [2.75, 3.05) is 73.5 Å². The minimum absolute atomic E-state index is 0.00818. The van der Waals surface area contributed by atoms with Crippen molar-refractivity contribution in [2.24, 2.45) is 5.14 Å². The first kappa shape index (κ1) is 89.8. The molecule has 0 spiro atoms. The molecule has 8 rings (SSSR count). The average Bonchev–Trinajstić information content (AvgIpc) is 1.75. The fourth-order valence-electron chi connectivity index (χ4n) is 13.4. The summed E-state index contributed by atoms with van der Waals surface area (Å²) >= 11 is 0. The van der Waals surface area contributed by atoms with Crippen molar-refractivity contribution in [2.45, 2.75) is 170 Å². The number of aliphatic carboxylic acids is 1. The van der Waals surface area contributed by atoms with Crippen molar-refractivity contribution in [3.05, 3.63) is 154 Å². The summed E-state index contributed by atoms with van der Waals surface area (Å²) in [5, 5.41) is 22.8. The van der Waals surface area contributed by atoms with Crippen molar-refractivity contribution in [1.82, 2.24) is 10.6 Å². The van der Waals surface area contributed by atoms with Gasteiger partial charge < -0.3 is 40.2 Å². The molecule has 2 aliphatic heterocycles. The number of rotatable bonds is 35. The molecule has 109 heavy (non-hydrogen) atoms. The molecule has 8 N–H and O–H groups in total. The van der Waals surface area contributed by atoms with E-state index < -0.39 is 147 Å². The number of halogens is 3. The topological polar surface area (TPSA) is 447 Å². The maximum atomic E-state index is 15.8. The van der Waals surface area contributed by atoms with Crippen LogP contribution in [-0.4, -0.2) is 177 Å². The van der Waals surface area contributed by atoms with Gasteiger partial charge in [-0.25, -0.2) is 39.9 Å². The Morgan fingerprint density at radius 3 is 1.85 bits per heavy atom. The van der Waals surface area contributed by atoms with Crippen LogP contribution < -0.4 is 30.7 Å². The lowest BCUT2D eigenvalue weighted by Gasteiger charge is -2.27. The van der Waals surface area contributed by atoms with E-state index in [-0.39, 0.29) is 70.2 Å². The van der Waals surface area contributed by atoms with Gasteiger partial charge in [0.25, 0.3) is 20.2 Å². The Hall–Kier alpha value is -8.05. The van der Waals surface area contributed by atoms with Crippen molar-refractivity contribution in [3.63, 3.8) is 0 Å². The molecule has 600 valence electrons. The Morgan fingerprint density at radius 1 is 0.661 bits per heavy atom. The molecule has 4 aromatic rings. The van der Waals surface area contributed by atoms with Crippen molar-refractivity contribution >= 4 is 102 Å². The molecular weight excluding hydrogens is 1550 g/mol. The molecule has 4 aromatic carbocycles. The Bertz CT molecular complexity index is 4800. The molecule has 2 amide bonds. The molecule has 1 fully saturated rings. The lowest BCUT2D eigenvalue weighted by Crippen LogP contribution is -2.42. The molecule has 4 aliphatic rings. The summed E-state index contributed by atoms with van der Waals surface area (Å²) in [5.41, 5.74) is 6.52. The van der Waals surface area contributed by atoms with Crippen LogP contribution in [0.15, 0.2) is 129 Å². The van der Waals surface area contributed by atoms with E-state index in [2.05, 4.69) is 89.6 Å². The number of hydrogen-bond donors (Lipinski definition) is 7. The Labute approximate surface area is 635 Å². The minimum atomic E-state index is -5.19. The highest BCUT2D eigenvalue weighted by Gasteiger charge is 2.45. The van der Waals surface area contributed by atoms with Gasteiger partial charge in [-0.15, -0.1) is 25.3 Å². The first-order chi connectivity index (χ1) is 51.1. The monoisotopic (exact) mass is 1650 g/mol.